The van der Waals surface area contributed by atoms with Gasteiger partial charge in [-0.3, -0.25) is 0 Å². The second-order valence-corrected chi connectivity index (χ2v) is 15.2. The van der Waals surface area contributed by atoms with Crippen LogP contribution in [0.15, 0.2) is 43.7 Å². The van der Waals surface area contributed by atoms with E-state index in [9.17, 15) is 10.2 Å². The van der Waals surface area contributed by atoms with E-state index >= 15 is 0 Å². The zero-order valence-electron chi connectivity index (χ0n) is 34.0. The summed E-state index contributed by atoms with van der Waals surface area (Å²) in [4.78, 5) is 26.4. The molecule has 0 fully saturated rings. The average molecular weight is 727 g/mol. The van der Waals surface area contributed by atoms with E-state index in [4.69, 9.17) is 9.98 Å². The highest BCUT2D eigenvalue weighted by molar-refractivity contribution is 6.17. The van der Waals surface area contributed by atoms with Crippen LogP contribution in [0.1, 0.15) is 135 Å². The normalized spacial score (nSPS) is 17.3. The number of hydrogen-bond acceptors (Lipinski definition) is 4. The van der Waals surface area contributed by atoms with Gasteiger partial charge in [0.2, 0.25) is 0 Å². The van der Waals surface area contributed by atoms with Gasteiger partial charge in [0.05, 0.1) is 57.0 Å². The maximum absolute atomic E-state index is 9.97. The van der Waals surface area contributed by atoms with E-state index in [1.807, 2.05) is 0 Å². The van der Waals surface area contributed by atoms with Crippen LogP contribution >= 0.6 is 0 Å². The van der Waals surface area contributed by atoms with Gasteiger partial charge in [0, 0.05) is 24.6 Å². The predicted molar refractivity (Wildman–Crippen MR) is 225 cm³/mol. The summed E-state index contributed by atoms with van der Waals surface area (Å²) in [6.45, 7) is 22.5. The molecule has 0 aliphatic carbocycles. The summed E-state index contributed by atoms with van der Waals surface area (Å²) in [5, 5.41) is 19.9. The lowest BCUT2D eigenvalue weighted by Gasteiger charge is -2.09. The molecule has 0 amide bonds. The van der Waals surface area contributed by atoms with Crippen LogP contribution in [0.2, 0.25) is 0 Å². The van der Waals surface area contributed by atoms with Crippen LogP contribution < -0.4 is 0 Å². The largest absolute Gasteiger partial charge is 0.396 e. The topological polar surface area (TPSA) is 128 Å². The molecule has 0 unspecified atom stereocenters. The van der Waals surface area contributed by atoms with Crippen LogP contribution in [0.5, 0.6) is 0 Å². The molecule has 7 heterocycles. The fourth-order valence-corrected chi connectivity index (χ4v) is 9.32. The Balaban J connectivity index is 1.58. The Morgan fingerprint density at radius 2 is 1.00 bits per heavy atom. The number of nitrogens with zero attached hydrogens (tertiary/aromatic N) is 2. The van der Waals surface area contributed by atoms with E-state index in [2.05, 4.69) is 101 Å². The maximum Gasteiger partial charge on any atom is 0.0910 e. The minimum absolute atomic E-state index is 0.116. The van der Waals surface area contributed by atoms with Crippen LogP contribution in [0.3, 0.4) is 0 Å². The highest BCUT2D eigenvalue weighted by Gasteiger charge is 2.31. The van der Waals surface area contributed by atoms with Gasteiger partial charge in [0.15, 0.2) is 0 Å². The van der Waals surface area contributed by atoms with Crippen molar-refractivity contribution in [3.63, 3.8) is 0 Å². The standard InChI is InChI=1S/C46H58N6O2/c1-11-29-25(7)39-41-27(9)31(13-3)43(51-41)44-32(14-4)28(10)42(52-44)40-26(8)30(12-2)38(50-40)22-36-24(6)34(18-16-20-54)46(48-36)45-33(17-15-19-53)23(5)35(47-45)21-37(29)49-39/h21-22,47,50-54H,11-20H2,1-10H3/b35-21?,36-22-,37-21-,38-22?,41-39?,42-40?,44-43?,46-45?. The fourth-order valence-electron chi connectivity index (χ4n) is 9.32. The van der Waals surface area contributed by atoms with Gasteiger partial charge in [0.1, 0.15) is 0 Å². The van der Waals surface area contributed by atoms with Crippen molar-refractivity contribution in [1.82, 2.24) is 19.9 Å². The van der Waals surface area contributed by atoms with Gasteiger partial charge < -0.3 is 30.1 Å². The van der Waals surface area contributed by atoms with E-state index < -0.39 is 0 Å². The predicted octanol–water partition coefficient (Wildman–Crippen LogP) is 10.00. The molecule has 7 rings (SSSR count). The highest BCUT2D eigenvalue weighted by atomic mass is 16.3. The number of aliphatic hydroxyl groups excluding tert-OH is 2. The number of aromatic amines is 4. The first-order chi connectivity index (χ1) is 26.0. The third-order valence-corrected chi connectivity index (χ3v) is 12.4. The summed E-state index contributed by atoms with van der Waals surface area (Å²) >= 11 is 0. The molecular formula is C46H58N6O2. The molecule has 4 aromatic heterocycles. The van der Waals surface area contributed by atoms with Gasteiger partial charge in [-0.25, -0.2) is 9.98 Å². The molecule has 12 bridgehead atoms. The smallest absolute Gasteiger partial charge is 0.0910 e. The van der Waals surface area contributed by atoms with Crippen LogP contribution in [0, 0.1) is 27.7 Å². The first kappa shape index (κ1) is 37.6. The van der Waals surface area contributed by atoms with Crippen LogP contribution in [0.4, 0.5) is 0 Å². The Morgan fingerprint density at radius 3 is 1.63 bits per heavy atom. The summed E-state index contributed by atoms with van der Waals surface area (Å²) in [7, 11) is 0. The Hall–Kier alpha value is -4.66. The molecular weight excluding hydrogens is 669 g/mol. The molecule has 6 N–H and O–H groups in total. The lowest BCUT2D eigenvalue weighted by Crippen LogP contribution is -2.08. The number of H-pyrrole nitrogens is 4. The maximum atomic E-state index is 9.97. The zero-order chi connectivity index (χ0) is 38.6. The Kier molecular flexibility index (Phi) is 10.4. The van der Waals surface area contributed by atoms with Crippen LogP contribution in [-0.4, -0.2) is 54.8 Å². The first-order valence-electron chi connectivity index (χ1n) is 20.1. The molecule has 0 radical (unpaired) electrons. The van der Waals surface area contributed by atoms with Gasteiger partial charge >= 0.3 is 0 Å². The third-order valence-electron chi connectivity index (χ3n) is 12.4. The summed E-state index contributed by atoms with van der Waals surface area (Å²) in [5.74, 6) is 0. The number of rotatable bonds is 10. The highest BCUT2D eigenvalue weighted by Crippen LogP contribution is 2.42. The monoisotopic (exact) mass is 726 g/mol. The van der Waals surface area contributed by atoms with E-state index in [0.29, 0.717) is 12.8 Å². The summed E-state index contributed by atoms with van der Waals surface area (Å²) in [6, 6.07) is 0. The van der Waals surface area contributed by atoms with Crippen molar-refractivity contribution in [3.05, 3.63) is 101 Å². The van der Waals surface area contributed by atoms with Crippen molar-refractivity contribution in [1.29, 1.82) is 0 Å². The van der Waals surface area contributed by atoms with Crippen molar-refractivity contribution in [2.45, 2.75) is 121 Å². The first-order valence-corrected chi connectivity index (χ1v) is 20.1. The van der Waals surface area contributed by atoms with E-state index in [1.165, 1.54) is 50.1 Å². The molecule has 54 heavy (non-hydrogen) atoms. The van der Waals surface area contributed by atoms with Crippen LogP contribution in [0.25, 0.3) is 34.9 Å². The molecule has 0 atom stereocenters. The SMILES string of the molecule is CCC1=C(C)C2=N/C1=C\c1[nH]c(c(CCCO)c1C)C1=N/C(=C\c3[nH]c(c(C)c3CC)-c3[nH]c(c(CC)c3C)-c3[nH]c2c(C)c3CC)C(C)=C1CCCO. The van der Waals surface area contributed by atoms with E-state index in [0.717, 1.165) is 124 Å². The minimum Gasteiger partial charge on any atom is -0.396 e. The van der Waals surface area contributed by atoms with Crippen molar-refractivity contribution >= 4 is 23.6 Å². The zero-order valence-corrected chi connectivity index (χ0v) is 34.0. The molecule has 8 heteroatoms. The van der Waals surface area contributed by atoms with Gasteiger partial charge in [-0.1, -0.05) is 27.7 Å². The lowest BCUT2D eigenvalue weighted by molar-refractivity contribution is 0.288. The number of aliphatic imine (C=N–C) groups is 2. The third kappa shape index (κ3) is 5.89. The molecule has 0 spiro atoms. The van der Waals surface area contributed by atoms with E-state index in [1.54, 1.807) is 0 Å². The van der Waals surface area contributed by atoms with Crippen molar-refractivity contribution in [2.75, 3.05) is 13.2 Å². The Morgan fingerprint density at radius 1 is 0.463 bits per heavy atom. The molecule has 0 saturated heterocycles. The lowest BCUT2D eigenvalue weighted by atomic mass is 9.94. The summed E-state index contributed by atoms with van der Waals surface area (Å²) in [5.41, 5.74) is 27.4. The van der Waals surface area contributed by atoms with Gasteiger partial charge in [-0.2, -0.15) is 0 Å². The number of aliphatic hydroxyl groups is 2. The minimum atomic E-state index is 0.116. The fraction of sp³-hybridized carbons (Fsp3) is 0.435. The van der Waals surface area contributed by atoms with Crippen molar-refractivity contribution in [2.24, 2.45) is 9.98 Å². The second-order valence-electron chi connectivity index (χ2n) is 15.2. The number of aromatic nitrogens is 4. The molecule has 284 valence electrons. The molecule has 8 nitrogen and oxygen atoms in total. The van der Waals surface area contributed by atoms with Gasteiger partial charge in [-0.15, -0.1) is 0 Å². The van der Waals surface area contributed by atoms with Crippen LogP contribution in [-0.2, 0) is 25.7 Å². The number of allylic oxidation sites excluding steroid dienone is 4. The van der Waals surface area contributed by atoms with Gasteiger partial charge in [0.25, 0.3) is 0 Å². The summed E-state index contributed by atoms with van der Waals surface area (Å²) < 4.78 is 0. The van der Waals surface area contributed by atoms with Crippen molar-refractivity contribution in [3.8, 4) is 22.8 Å². The average Bonchev–Trinajstić information content (AvgIpc) is 3.97. The quantitative estimate of drug-likeness (QED) is 0.0973. The molecule has 0 aromatic carbocycles. The van der Waals surface area contributed by atoms with E-state index in [-0.39, 0.29) is 13.2 Å². The van der Waals surface area contributed by atoms with Crippen molar-refractivity contribution < 1.29 is 10.2 Å². The summed E-state index contributed by atoms with van der Waals surface area (Å²) in [6.07, 6.45) is 10.8. The van der Waals surface area contributed by atoms with Gasteiger partial charge in [-0.05, 0) is 172 Å². The number of fused-ring (bicyclic) bond motifs is 14. The number of nitrogens with one attached hydrogen (secondary N) is 4. The molecule has 3 aliphatic heterocycles. The molecule has 4 aromatic rings. The molecule has 3 aliphatic rings. The molecule has 0 saturated carbocycles. The number of hydrogen-bond donors (Lipinski definition) is 6. The second kappa shape index (κ2) is 14.9. The Bertz CT molecular complexity index is 2350. The Labute approximate surface area is 320 Å².